The molecule has 0 saturated heterocycles. The molecule has 0 aliphatic heterocycles. The van der Waals surface area contributed by atoms with Crippen molar-refractivity contribution < 1.29 is 40.2 Å². The van der Waals surface area contributed by atoms with Crippen LogP contribution in [-0.4, -0.2) is 6.36 Å². The van der Waals surface area contributed by atoms with Gasteiger partial charge in [0.1, 0.15) is 5.75 Å². The first-order chi connectivity index (χ1) is 16.0. The first kappa shape index (κ1) is 26.2. The molecule has 0 N–H and O–H groups in total. The van der Waals surface area contributed by atoms with Crippen molar-refractivity contribution in [2.45, 2.75) is 70.8 Å². The van der Waals surface area contributed by atoms with Gasteiger partial charge in [0.15, 0.2) is 11.6 Å². The Morgan fingerprint density at radius 1 is 0.794 bits per heavy atom. The van der Waals surface area contributed by atoms with Gasteiger partial charge in [-0.1, -0.05) is 57.6 Å². The number of benzene rings is 2. The zero-order valence-corrected chi connectivity index (χ0v) is 18.7. The van der Waals surface area contributed by atoms with E-state index < -0.39 is 41.2 Å². The fourth-order valence-electron chi connectivity index (χ4n) is 4.47. The molecule has 2 nitrogen and oxygen atoms in total. The van der Waals surface area contributed by atoms with Crippen molar-refractivity contribution in [1.82, 2.24) is 0 Å². The first-order valence-corrected chi connectivity index (χ1v) is 11.4. The van der Waals surface area contributed by atoms with Crippen molar-refractivity contribution in [3.63, 3.8) is 0 Å². The Labute approximate surface area is 194 Å². The molecule has 1 saturated carbocycles. The largest absolute Gasteiger partial charge is 0.573 e. The number of rotatable bonds is 9. The van der Waals surface area contributed by atoms with E-state index >= 15 is 0 Å². The minimum absolute atomic E-state index is 0.210. The number of hydrogen-bond donors (Lipinski definition) is 0. The van der Waals surface area contributed by atoms with Gasteiger partial charge in [0.05, 0.1) is 5.56 Å². The lowest BCUT2D eigenvalue weighted by atomic mass is 9.78. The Morgan fingerprint density at radius 3 is 1.82 bits per heavy atom. The van der Waals surface area contributed by atoms with E-state index in [0.717, 1.165) is 24.3 Å². The van der Waals surface area contributed by atoms with E-state index in [2.05, 4.69) is 16.4 Å². The minimum Gasteiger partial charge on any atom is -0.429 e. The van der Waals surface area contributed by atoms with Crippen molar-refractivity contribution in [3.8, 4) is 11.5 Å². The smallest absolute Gasteiger partial charge is 0.429 e. The van der Waals surface area contributed by atoms with E-state index in [9.17, 15) is 30.7 Å². The highest BCUT2D eigenvalue weighted by Gasteiger charge is 2.37. The van der Waals surface area contributed by atoms with Gasteiger partial charge in [-0.15, -0.1) is 13.2 Å². The van der Waals surface area contributed by atoms with E-state index in [4.69, 9.17) is 0 Å². The standard InChI is InChI=1S/C25H27F7O2/c1-2-3-16-4-6-17(7-5-16)8-9-18-10-12-19(13-11-18)24(28,29)33-20-14-21(26)23(22(27)15-20)34-25(30,31)32/h10-17H,2-9H2,1H3/t16-,17-. The van der Waals surface area contributed by atoms with Gasteiger partial charge in [-0.25, -0.2) is 8.78 Å². The summed E-state index contributed by atoms with van der Waals surface area (Å²) in [5.74, 6) is -4.90. The molecule has 0 amide bonds. The number of ether oxygens (including phenoxy) is 2. The van der Waals surface area contributed by atoms with Crippen molar-refractivity contribution >= 4 is 0 Å². The molecule has 34 heavy (non-hydrogen) atoms. The first-order valence-electron chi connectivity index (χ1n) is 11.4. The van der Waals surface area contributed by atoms with Gasteiger partial charge in [0.25, 0.3) is 0 Å². The van der Waals surface area contributed by atoms with Crippen LogP contribution in [0, 0.1) is 23.5 Å². The SMILES string of the molecule is CCC[C@H]1CC[C@H](CCc2ccc(C(F)(F)Oc3cc(F)c(OC(F)(F)F)c(F)c3)cc2)CC1. The second-order valence-corrected chi connectivity index (χ2v) is 8.79. The van der Waals surface area contributed by atoms with E-state index in [1.165, 1.54) is 50.7 Å². The molecule has 0 bridgehead atoms. The summed E-state index contributed by atoms with van der Waals surface area (Å²) in [5.41, 5.74) is 0.341. The molecule has 0 aromatic heterocycles. The van der Waals surface area contributed by atoms with Crippen LogP contribution < -0.4 is 9.47 Å². The molecule has 188 valence electrons. The van der Waals surface area contributed by atoms with Crippen LogP contribution >= 0.6 is 0 Å². The normalized spacial score (nSPS) is 19.2. The van der Waals surface area contributed by atoms with Crippen LogP contribution in [0.25, 0.3) is 0 Å². The molecular weight excluding hydrogens is 465 g/mol. The molecule has 1 aliphatic carbocycles. The van der Waals surface area contributed by atoms with Crippen molar-refractivity contribution in [1.29, 1.82) is 0 Å². The summed E-state index contributed by atoms with van der Waals surface area (Å²) in [6.07, 6.45) is -0.221. The van der Waals surface area contributed by atoms with Crippen LogP contribution in [0.1, 0.15) is 63.0 Å². The lowest BCUT2D eigenvalue weighted by molar-refractivity contribution is -0.276. The maximum atomic E-state index is 14.5. The fourth-order valence-corrected chi connectivity index (χ4v) is 4.47. The summed E-state index contributed by atoms with van der Waals surface area (Å²) in [4.78, 5) is 0. The Bertz CT molecular complexity index is 910. The third kappa shape index (κ3) is 7.27. The van der Waals surface area contributed by atoms with Crippen LogP contribution in [-0.2, 0) is 12.5 Å². The van der Waals surface area contributed by atoms with Crippen LogP contribution in [0.5, 0.6) is 11.5 Å². The highest BCUT2D eigenvalue weighted by Crippen LogP contribution is 2.37. The van der Waals surface area contributed by atoms with Gasteiger partial charge in [0.2, 0.25) is 5.75 Å². The fraction of sp³-hybridized carbons (Fsp3) is 0.520. The van der Waals surface area contributed by atoms with Crippen LogP contribution in [0.4, 0.5) is 30.7 Å². The van der Waals surface area contributed by atoms with Gasteiger partial charge < -0.3 is 9.47 Å². The second kappa shape index (κ2) is 10.9. The zero-order chi connectivity index (χ0) is 24.9. The van der Waals surface area contributed by atoms with Gasteiger partial charge in [-0.05, 0) is 42.4 Å². The predicted octanol–water partition coefficient (Wildman–Crippen LogP) is 8.53. The second-order valence-electron chi connectivity index (χ2n) is 8.79. The molecule has 1 fully saturated rings. The molecular formula is C25H27F7O2. The number of aryl methyl sites for hydroxylation is 1. The molecule has 2 aromatic rings. The third-order valence-electron chi connectivity index (χ3n) is 6.23. The lowest BCUT2D eigenvalue weighted by Gasteiger charge is -2.28. The van der Waals surface area contributed by atoms with Gasteiger partial charge in [0, 0.05) is 12.1 Å². The molecule has 1 aliphatic rings. The molecule has 0 spiro atoms. The minimum atomic E-state index is -5.34. The summed E-state index contributed by atoms with van der Waals surface area (Å²) in [6, 6.07) is 5.86. The quantitative estimate of drug-likeness (QED) is 0.327. The highest BCUT2D eigenvalue weighted by molar-refractivity contribution is 5.36. The zero-order valence-electron chi connectivity index (χ0n) is 18.7. The maximum Gasteiger partial charge on any atom is 0.573 e. The predicted molar refractivity (Wildman–Crippen MR) is 113 cm³/mol. The summed E-state index contributed by atoms with van der Waals surface area (Å²) < 4.78 is 101. The molecule has 0 unspecified atom stereocenters. The number of halogens is 7. The molecule has 0 radical (unpaired) electrons. The molecule has 2 aromatic carbocycles. The van der Waals surface area contributed by atoms with E-state index in [-0.39, 0.29) is 12.1 Å². The summed E-state index contributed by atoms with van der Waals surface area (Å²) in [5, 5.41) is 0. The highest BCUT2D eigenvalue weighted by atomic mass is 19.4. The Kier molecular flexibility index (Phi) is 8.36. The molecule has 9 heteroatoms. The molecule has 0 atom stereocenters. The molecule has 3 rings (SSSR count). The van der Waals surface area contributed by atoms with E-state index in [0.29, 0.717) is 5.92 Å². The topological polar surface area (TPSA) is 18.5 Å². The van der Waals surface area contributed by atoms with Gasteiger partial charge in [-0.2, -0.15) is 8.78 Å². The summed E-state index contributed by atoms with van der Waals surface area (Å²) in [7, 11) is 0. The van der Waals surface area contributed by atoms with E-state index in [1.54, 1.807) is 12.1 Å². The Morgan fingerprint density at radius 2 is 1.32 bits per heavy atom. The van der Waals surface area contributed by atoms with Crippen molar-refractivity contribution in [2.24, 2.45) is 11.8 Å². The average molecular weight is 492 g/mol. The summed E-state index contributed by atoms with van der Waals surface area (Å²) in [6.45, 7) is 2.20. The van der Waals surface area contributed by atoms with Crippen LogP contribution in [0.3, 0.4) is 0 Å². The maximum absolute atomic E-state index is 14.5. The van der Waals surface area contributed by atoms with Crippen LogP contribution in [0.15, 0.2) is 36.4 Å². The van der Waals surface area contributed by atoms with E-state index in [1.807, 2.05) is 0 Å². The monoisotopic (exact) mass is 492 g/mol. The molecule has 0 heterocycles. The lowest BCUT2D eigenvalue weighted by Crippen LogP contribution is -2.22. The van der Waals surface area contributed by atoms with Gasteiger partial charge in [-0.3, -0.25) is 0 Å². The average Bonchev–Trinajstić information content (AvgIpc) is 2.75. The summed E-state index contributed by atoms with van der Waals surface area (Å²) >= 11 is 0. The van der Waals surface area contributed by atoms with Gasteiger partial charge >= 0.3 is 12.5 Å². The Hall–Kier alpha value is -2.45. The number of hydrogen-bond acceptors (Lipinski definition) is 2. The Balaban J connectivity index is 1.58. The number of alkyl halides is 5. The van der Waals surface area contributed by atoms with Crippen molar-refractivity contribution in [3.05, 3.63) is 59.2 Å². The van der Waals surface area contributed by atoms with Crippen LogP contribution in [0.2, 0.25) is 0 Å². The third-order valence-corrected chi connectivity index (χ3v) is 6.23. The van der Waals surface area contributed by atoms with Crippen molar-refractivity contribution in [2.75, 3.05) is 0 Å².